The molecule has 1 heterocycles. The average molecular weight is 251 g/mol. The largest absolute Gasteiger partial charge is 0.482 e. The number of pyridine rings is 1. The lowest BCUT2D eigenvalue weighted by Gasteiger charge is -2.10. The Morgan fingerprint density at radius 3 is 2.47 bits per heavy atom. The van der Waals surface area contributed by atoms with E-state index in [1.165, 1.54) is 6.92 Å². The van der Waals surface area contributed by atoms with E-state index >= 15 is 0 Å². The number of carboxylic acid groups (broad SMARTS) is 1. The van der Waals surface area contributed by atoms with Gasteiger partial charge in [0.2, 0.25) is 6.20 Å². The van der Waals surface area contributed by atoms with E-state index in [0.717, 1.165) is 12.3 Å². The van der Waals surface area contributed by atoms with E-state index in [9.17, 15) is 18.0 Å². The summed E-state index contributed by atoms with van der Waals surface area (Å²) in [5.74, 6) is 0. The van der Waals surface area contributed by atoms with Gasteiger partial charge in [-0.2, -0.15) is 13.2 Å². The highest BCUT2D eigenvalue weighted by Crippen LogP contribution is 2.26. The summed E-state index contributed by atoms with van der Waals surface area (Å²) in [5, 5.41) is 19.6. The maximum atomic E-state index is 12.3. The summed E-state index contributed by atoms with van der Waals surface area (Å²) in [6.07, 6.45) is -5.16. The van der Waals surface area contributed by atoms with Crippen LogP contribution >= 0.6 is 0 Å². The number of nitrogens with one attached hydrogen (secondary N) is 1. The third kappa shape index (κ3) is 3.23. The average Bonchev–Trinajstić information content (AvgIpc) is 2.14. The fraction of sp³-hybridized carbons (Fsp3) is 0.333. The van der Waals surface area contributed by atoms with Gasteiger partial charge in [-0.25, -0.2) is 4.79 Å². The molecule has 0 bridgehead atoms. The predicted octanol–water partition coefficient (Wildman–Crippen LogP) is 1.56. The Bertz CT molecular complexity index is 434. The molecule has 94 valence electrons. The van der Waals surface area contributed by atoms with Gasteiger partial charge in [0.05, 0.1) is 6.04 Å². The van der Waals surface area contributed by atoms with Crippen molar-refractivity contribution in [2.45, 2.75) is 19.1 Å². The van der Waals surface area contributed by atoms with Crippen LogP contribution in [0.4, 0.5) is 18.0 Å². The zero-order valence-electron chi connectivity index (χ0n) is 8.69. The van der Waals surface area contributed by atoms with Gasteiger partial charge in [0, 0.05) is 16.4 Å². The monoisotopic (exact) mass is 251 g/mol. The molecule has 1 aromatic rings. The topological polar surface area (TPSA) is 73.4 Å². The fourth-order valence-electron chi connectivity index (χ4n) is 1.25. The van der Waals surface area contributed by atoms with E-state index in [-0.39, 0.29) is 10.3 Å². The van der Waals surface area contributed by atoms with Gasteiger partial charge in [-0.05, 0) is 13.0 Å². The van der Waals surface area contributed by atoms with Crippen LogP contribution in [0, 0.1) is 0 Å². The van der Waals surface area contributed by atoms with Crippen molar-refractivity contribution < 1.29 is 33.0 Å². The Labute approximate surface area is 94.1 Å². The van der Waals surface area contributed by atoms with Crippen LogP contribution in [0.3, 0.4) is 0 Å². The van der Waals surface area contributed by atoms with E-state index in [4.69, 9.17) is 10.3 Å². The van der Waals surface area contributed by atoms with Crippen molar-refractivity contribution in [2.24, 2.45) is 0 Å². The van der Waals surface area contributed by atoms with E-state index in [2.05, 4.69) is 5.32 Å². The van der Waals surface area contributed by atoms with Crippen LogP contribution in [0.5, 0.6) is 0 Å². The lowest BCUT2D eigenvalue weighted by atomic mass is 10.1. The minimum Gasteiger partial charge on any atom is -0.465 e. The zero-order valence-corrected chi connectivity index (χ0v) is 8.69. The third-order valence-electron chi connectivity index (χ3n) is 2.08. The van der Waals surface area contributed by atoms with Crippen molar-refractivity contribution in [2.75, 3.05) is 0 Å². The molecule has 3 N–H and O–H groups in total. The predicted molar refractivity (Wildman–Crippen MR) is 48.4 cm³/mol. The van der Waals surface area contributed by atoms with Crippen LogP contribution in [-0.2, 0) is 6.18 Å². The molecule has 0 saturated heterocycles. The molecule has 1 rings (SSSR count). The van der Waals surface area contributed by atoms with Crippen molar-refractivity contribution in [1.82, 2.24) is 5.32 Å². The first-order valence-corrected chi connectivity index (χ1v) is 4.53. The molecule has 0 unspecified atom stereocenters. The van der Waals surface area contributed by atoms with Gasteiger partial charge in [0.25, 0.3) is 0 Å². The molecular formula is C9H10F3N2O3+. The number of hydrogen-bond donors (Lipinski definition) is 3. The first kappa shape index (κ1) is 13.1. The molecule has 0 aliphatic rings. The summed E-state index contributed by atoms with van der Waals surface area (Å²) in [7, 11) is 0. The van der Waals surface area contributed by atoms with Crippen molar-refractivity contribution >= 4 is 6.09 Å². The molecule has 0 aliphatic carbocycles. The molecule has 0 aromatic carbocycles. The second kappa shape index (κ2) is 4.48. The van der Waals surface area contributed by atoms with Gasteiger partial charge in [0.15, 0.2) is 0 Å². The summed E-state index contributed by atoms with van der Waals surface area (Å²) >= 11 is 0. The smallest absolute Gasteiger partial charge is 0.465 e. The third-order valence-corrected chi connectivity index (χ3v) is 2.08. The van der Waals surface area contributed by atoms with E-state index in [0.29, 0.717) is 6.07 Å². The molecule has 1 aromatic heterocycles. The zero-order chi connectivity index (χ0) is 13.2. The summed E-state index contributed by atoms with van der Waals surface area (Å²) in [6.45, 7) is 1.44. The lowest BCUT2D eigenvalue weighted by Crippen LogP contribution is -2.40. The van der Waals surface area contributed by atoms with Gasteiger partial charge in [-0.3, -0.25) is 5.21 Å². The Morgan fingerprint density at radius 1 is 1.47 bits per heavy atom. The number of rotatable bonds is 2. The van der Waals surface area contributed by atoms with Crippen LogP contribution in [0.1, 0.15) is 24.2 Å². The van der Waals surface area contributed by atoms with Crippen LogP contribution in [0.15, 0.2) is 18.3 Å². The van der Waals surface area contributed by atoms with Gasteiger partial charge >= 0.3 is 18.0 Å². The second-order valence-electron chi connectivity index (χ2n) is 3.36. The van der Waals surface area contributed by atoms with Crippen LogP contribution in [0.2, 0.25) is 0 Å². The van der Waals surface area contributed by atoms with E-state index in [1.54, 1.807) is 0 Å². The summed E-state index contributed by atoms with van der Waals surface area (Å²) in [5.41, 5.74) is -1.02. The molecule has 0 saturated carbocycles. The Hall–Kier alpha value is -1.99. The first-order chi connectivity index (χ1) is 7.71. The lowest BCUT2D eigenvalue weighted by molar-refractivity contribution is -0.915. The number of carbonyl (C=O) groups is 1. The minimum atomic E-state index is -4.67. The standard InChI is InChI=1S/C9H9F3N2O3/c1-5(13-8(15)16)6-2-3-7(9(10,11)12)14(17)4-6/h2-5,13H,1H3,(H-,15,16,17)/p+1/t5-/m1/s1. The van der Waals surface area contributed by atoms with Crippen LogP contribution in [0.25, 0.3) is 0 Å². The number of alkyl halides is 3. The molecule has 5 nitrogen and oxygen atoms in total. The quantitative estimate of drug-likeness (QED) is 0.551. The molecule has 17 heavy (non-hydrogen) atoms. The minimum absolute atomic E-state index is 0.0740. The van der Waals surface area contributed by atoms with Crippen molar-refractivity contribution in [3.63, 3.8) is 0 Å². The normalized spacial score (nSPS) is 13.2. The van der Waals surface area contributed by atoms with E-state index < -0.39 is 24.0 Å². The van der Waals surface area contributed by atoms with Crippen LogP contribution < -0.4 is 10.0 Å². The SMILES string of the molecule is C[C@@H](NC(=O)O)c1ccc(C(F)(F)F)[n+](O)c1. The number of aromatic nitrogens is 1. The molecule has 1 atom stereocenters. The van der Waals surface area contributed by atoms with Crippen molar-refractivity contribution in [1.29, 1.82) is 0 Å². The number of halogens is 3. The second-order valence-corrected chi connectivity index (χ2v) is 3.36. The molecule has 1 amide bonds. The number of hydrogen-bond acceptors (Lipinski definition) is 2. The summed E-state index contributed by atoms with van der Waals surface area (Å²) < 4.78 is 36.8. The maximum Gasteiger partial charge on any atom is 0.482 e. The van der Waals surface area contributed by atoms with Crippen LogP contribution in [-0.4, -0.2) is 16.4 Å². The van der Waals surface area contributed by atoms with Gasteiger partial charge in [0.1, 0.15) is 0 Å². The fourth-order valence-corrected chi connectivity index (χ4v) is 1.25. The Kier molecular flexibility index (Phi) is 3.45. The highest BCUT2D eigenvalue weighted by Gasteiger charge is 2.42. The maximum absolute atomic E-state index is 12.3. The van der Waals surface area contributed by atoms with Gasteiger partial charge in [-0.15, -0.1) is 0 Å². The Balaban J connectivity index is 3.00. The van der Waals surface area contributed by atoms with E-state index in [1.807, 2.05) is 0 Å². The highest BCUT2D eigenvalue weighted by atomic mass is 19.4. The summed E-state index contributed by atoms with van der Waals surface area (Å²) in [4.78, 5) is 10.3. The molecular weight excluding hydrogens is 241 g/mol. The number of amides is 1. The molecule has 0 fully saturated rings. The number of nitrogens with zero attached hydrogens (tertiary/aromatic N) is 1. The van der Waals surface area contributed by atoms with Crippen molar-refractivity contribution in [3.05, 3.63) is 29.6 Å². The Morgan fingerprint density at radius 2 is 2.06 bits per heavy atom. The molecule has 0 spiro atoms. The molecule has 8 heteroatoms. The molecule has 0 radical (unpaired) electrons. The highest BCUT2D eigenvalue weighted by molar-refractivity contribution is 5.65. The first-order valence-electron chi connectivity index (χ1n) is 4.53. The summed E-state index contributed by atoms with van der Waals surface area (Å²) in [6, 6.07) is 1.04. The van der Waals surface area contributed by atoms with Gasteiger partial charge in [-0.1, -0.05) is 0 Å². The van der Waals surface area contributed by atoms with Crippen molar-refractivity contribution in [3.8, 4) is 0 Å². The van der Waals surface area contributed by atoms with Gasteiger partial charge < -0.3 is 10.4 Å². The molecule has 0 aliphatic heterocycles.